The molecule has 0 spiro atoms. The number of nitrogens with one attached hydrogen (secondary N) is 2. The van der Waals surface area contributed by atoms with Crippen molar-refractivity contribution in [3.05, 3.63) is 81.5 Å². The van der Waals surface area contributed by atoms with E-state index in [1.165, 1.54) is 18.3 Å². The first-order valence-corrected chi connectivity index (χ1v) is 8.55. The number of nitro benzene ring substituents is 1. The number of carbonyl (C=O) groups excluding carboxylic acids is 1. The van der Waals surface area contributed by atoms with Crippen LogP contribution in [0.5, 0.6) is 0 Å². The molecule has 9 heteroatoms. The molecule has 0 radical (unpaired) electrons. The normalized spacial score (nSPS) is 10.8. The van der Waals surface area contributed by atoms with Gasteiger partial charge in [0.15, 0.2) is 5.65 Å². The molecule has 2 N–H and O–H groups in total. The summed E-state index contributed by atoms with van der Waals surface area (Å²) in [6.07, 6.45) is 1.50. The number of H-pyrrole nitrogens is 1. The van der Waals surface area contributed by atoms with E-state index in [0.717, 1.165) is 0 Å². The summed E-state index contributed by atoms with van der Waals surface area (Å²) >= 11 is 6.05. The second-order valence-electron chi connectivity index (χ2n) is 5.92. The highest BCUT2D eigenvalue weighted by Gasteiger charge is 2.13. The van der Waals surface area contributed by atoms with Crippen LogP contribution in [-0.2, 0) is 0 Å². The third kappa shape index (κ3) is 3.40. The number of anilines is 1. The van der Waals surface area contributed by atoms with Gasteiger partial charge in [-0.3, -0.25) is 14.9 Å². The number of aromatic nitrogens is 3. The lowest BCUT2D eigenvalue weighted by Crippen LogP contribution is -2.12. The van der Waals surface area contributed by atoms with Gasteiger partial charge < -0.3 is 10.3 Å². The Hall–Kier alpha value is -3.78. The van der Waals surface area contributed by atoms with Crippen molar-refractivity contribution in [1.29, 1.82) is 0 Å². The Morgan fingerprint density at radius 1 is 1.14 bits per heavy atom. The number of carbonyl (C=O) groups is 1. The number of amides is 1. The molecule has 28 heavy (non-hydrogen) atoms. The molecule has 0 bridgehead atoms. The van der Waals surface area contributed by atoms with Crippen LogP contribution in [0.2, 0.25) is 5.02 Å². The molecule has 2 heterocycles. The number of pyridine rings is 1. The number of hydrogen-bond donors (Lipinski definition) is 2. The maximum absolute atomic E-state index is 12.4. The molecule has 4 aromatic rings. The predicted molar refractivity (Wildman–Crippen MR) is 105 cm³/mol. The number of rotatable bonds is 4. The number of nitro groups is 1. The van der Waals surface area contributed by atoms with Crippen LogP contribution in [0.4, 0.5) is 11.4 Å². The molecule has 2 aromatic carbocycles. The van der Waals surface area contributed by atoms with Crippen LogP contribution in [-0.4, -0.2) is 25.8 Å². The smallest absolute Gasteiger partial charge is 0.269 e. The fourth-order valence-electron chi connectivity index (χ4n) is 2.69. The summed E-state index contributed by atoms with van der Waals surface area (Å²) in [5.41, 5.74) is 2.61. The first-order chi connectivity index (χ1) is 13.5. The van der Waals surface area contributed by atoms with E-state index in [9.17, 15) is 14.9 Å². The van der Waals surface area contributed by atoms with E-state index in [1.54, 1.807) is 42.5 Å². The monoisotopic (exact) mass is 393 g/mol. The van der Waals surface area contributed by atoms with Crippen LogP contribution in [0, 0.1) is 10.1 Å². The summed E-state index contributed by atoms with van der Waals surface area (Å²) in [5.74, 6) is 0.175. The molecule has 1 amide bonds. The highest BCUT2D eigenvalue weighted by molar-refractivity contribution is 6.34. The van der Waals surface area contributed by atoms with Crippen LogP contribution < -0.4 is 5.32 Å². The number of halogens is 1. The number of nitrogens with zero attached hydrogens (tertiary/aromatic N) is 3. The molecular weight excluding hydrogens is 382 g/mol. The fourth-order valence-corrected chi connectivity index (χ4v) is 2.91. The Bertz CT molecular complexity index is 1200. The van der Waals surface area contributed by atoms with E-state index in [1.807, 2.05) is 0 Å². The number of imidazole rings is 1. The Kier molecular flexibility index (Phi) is 4.46. The molecule has 2 aromatic heterocycles. The minimum atomic E-state index is -0.460. The summed E-state index contributed by atoms with van der Waals surface area (Å²) in [7, 11) is 0. The summed E-state index contributed by atoms with van der Waals surface area (Å²) in [6.45, 7) is 0. The van der Waals surface area contributed by atoms with Crippen molar-refractivity contribution in [3.63, 3.8) is 0 Å². The summed E-state index contributed by atoms with van der Waals surface area (Å²) in [5, 5.41) is 13.9. The molecular formula is C19H12ClN5O3. The summed E-state index contributed by atoms with van der Waals surface area (Å²) in [4.78, 5) is 34.4. The molecule has 138 valence electrons. The van der Waals surface area contributed by atoms with E-state index in [4.69, 9.17) is 11.6 Å². The third-order valence-electron chi connectivity index (χ3n) is 4.07. The minimum absolute atomic E-state index is 0.00237. The number of non-ortho nitro benzene ring substituents is 1. The minimum Gasteiger partial charge on any atom is -0.337 e. The van der Waals surface area contributed by atoms with E-state index < -0.39 is 4.92 Å². The zero-order valence-electron chi connectivity index (χ0n) is 14.2. The van der Waals surface area contributed by atoms with Gasteiger partial charge in [0, 0.05) is 17.7 Å². The van der Waals surface area contributed by atoms with E-state index in [0.29, 0.717) is 38.8 Å². The number of benzene rings is 2. The van der Waals surface area contributed by atoms with Crippen molar-refractivity contribution < 1.29 is 9.72 Å². The van der Waals surface area contributed by atoms with Crippen LogP contribution in [0.15, 0.2) is 60.8 Å². The predicted octanol–water partition coefficient (Wildman–Crippen LogP) is 4.44. The van der Waals surface area contributed by atoms with Crippen LogP contribution in [0.3, 0.4) is 0 Å². The van der Waals surface area contributed by atoms with Crippen molar-refractivity contribution in [1.82, 2.24) is 15.0 Å². The average molecular weight is 394 g/mol. The lowest BCUT2D eigenvalue weighted by Gasteiger charge is -2.06. The molecule has 0 saturated heterocycles. The molecule has 0 atom stereocenters. The molecule has 0 unspecified atom stereocenters. The van der Waals surface area contributed by atoms with Gasteiger partial charge in [-0.15, -0.1) is 0 Å². The first kappa shape index (κ1) is 17.6. The lowest BCUT2D eigenvalue weighted by atomic mass is 10.2. The molecule has 0 fully saturated rings. The first-order valence-electron chi connectivity index (χ1n) is 8.18. The van der Waals surface area contributed by atoms with Gasteiger partial charge in [-0.05, 0) is 30.3 Å². The second kappa shape index (κ2) is 7.09. The van der Waals surface area contributed by atoms with E-state index in [-0.39, 0.29) is 11.6 Å². The van der Waals surface area contributed by atoms with Crippen molar-refractivity contribution >= 4 is 40.0 Å². The van der Waals surface area contributed by atoms with Gasteiger partial charge in [0.1, 0.15) is 5.82 Å². The van der Waals surface area contributed by atoms with Gasteiger partial charge in [-0.1, -0.05) is 23.7 Å². The Labute approximate surface area is 163 Å². The summed E-state index contributed by atoms with van der Waals surface area (Å²) < 4.78 is 0. The zero-order chi connectivity index (χ0) is 19.7. The summed E-state index contributed by atoms with van der Waals surface area (Å²) in [6, 6.07) is 14.5. The highest BCUT2D eigenvalue weighted by Crippen LogP contribution is 2.24. The largest absolute Gasteiger partial charge is 0.337 e. The van der Waals surface area contributed by atoms with Crippen LogP contribution in [0.1, 0.15) is 10.4 Å². The molecule has 8 nitrogen and oxygen atoms in total. The zero-order valence-corrected chi connectivity index (χ0v) is 15.0. The standard InChI is InChI=1S/C19H12ClN5O3/c20-15-4-2-1-3-14(15)19(26)22-12-9-16-18(21-10-12)24-17(23-16)11-5-7-13(8-6-11)25(27)28/h1-10H,(H,22,26)(H,21,23,24). The van der Waals surface area contributed by atoms with Gasteiger partial charge >= 0.3 is 0 Å². The lowest BCUT2D eigenvalue weighted by molar-refractivity contribution is -0.384. The molecule has 0 aliphatic heterocycles. The molecule has 0 saturated carbocycles. The van der Waals surface area contributed by atoms with Crippen molar-refractivity contribution in [3.8, 4) is 11.4 Å². The molecule has 0 aliphatic carbocycles. The Morgan fingerprint density at radius 2 is 1.89 bits per heavy atom. The third-order valence-corrected chi connectivity index (χ3v) is 4.39. The number of hydrogen-bond acceptors (Lipinski definition) is 5. The van der Waals surface area contributed by atoms with Crippen LogP contribution >= 0.6 is 11.6 Å². The molecule has 0 aliphatic rings. The maximum Gasteiger partial charge on any atom is 0.269 e. The Balaban J connectivity index is 1.60. The van der Waals surface area contributed by atoms with Crippen LogP contribution in [0.25, 0.3) is 22.6 Å². The van der Waals surface area contributed by atoms with E-state index in [2.05, 4.69) is 20.3 Å². The van der Waals surface area contributed by atoms with Crippen molar-refractivity contribution in [2.45, 2.75) is 0 Å². The maximum atomic E-state index is 12.4. The number of aromatic amines is 1. The van der Waals surface area contributed by atoms with Crippen molar-refractivity contribution in [2.24, 2.45) is 0 Å². The fraction of sp³-hybridized carbons (Fsp3) is 0. The average Bonchev–Trinajstić information content (AvgIpc) is 3.11. The number of fused-ring (bicyclic) bond motifs is 1. The van der Waals surface area contributed by atoms with Gasteiger partial charge in [0.2, 0.25) is 0 Å². The van der Waals surface area contributed by atoms with Gasteiger partial charge in [0.05, 0.1) is 32.9 Å². The van der Waals surface area contributed by atoms with Gasteiger partial charge in [0.25, 0.3) is 11.6 Å². The topological polar surface area (TPSA) is 114 Å². The quantitative estimate of drug-likeness (QED) is 0.393. The highest BCUT2D eigenvalue weighted by atomic mass is 35.5. The van der Waals surface area contributed by atoms with Crippen molar-refractivity contribution in [2.75, 3.05) is 5.32 Å². The second-order valence-corrected chi connectivity index (χ2v) is 6.33. The SMILES string of the molecule is O=C(Nc1cnc2nc(-c3ccc([N+](=O)[O-])cc3)[nH]c2c1)c1ccccc1Cl. The van der Waals surface area contributed by atoms with Gasteiger partial charge in [-0.2, -0.15) is 0 Å². The van der Waals surface area contributed by atoms with Gasteiger partial charge in [-0.25, -0.2) is 9.97 Å². The van der Waals surface area contributed by atoms with E-state index >= 15 is 0 Å². The molecule has 4 rings (SSSR count). The Morgan fingerprint density at radius 3 is 2.61 bits per heavy atom.